The van der Waals surface area contributed by atoms with Crippen molar-refractivity contribution in [3.05, 3.63) is 23.1 Å². The lowest BCUT2D eigenvalue weighted by molar-refractivity contribution is 0.138. The van der Waals surface area contributed by atoms with E-state index in [-0.39, 0.29) is 30.5 Å². The van der Waals surface area contributed by atoms with Gasteiger partial charge < -0.3 is 20.3 Å². The largest absolute Gasteiger partial charge is 0.506 e. The Hall–Kier alpha value is -3.01. The van der Waals surface area contributed by atoms with Crippen molar-refractivity contribution in [3.8, 4) is 5.75 Å². The Morgan fingerprint density at radius 1 is 1.32 bits per heavy atom. The Balaban J connectivity index is 2.57. The first-order chi connectivity index (χ1) is 11.9. The number of anilines is 1. The van der Waals surface area contributed by atoms with Crippen molar-refractivity contribution in [1.82, 2.24) is 5.43 Å². The topological polar surface area (TPSA) is 138 Å². The lowest BCUT2D eigenvalue weighted by Crippen LogP contribution is -2.47. The molecular formula is C15H18N4O5S. The Bertz CT molecular complexity index is 820. The summed E-state index contributed by atoms with van der Waals surface area (Å²) in [6, 6.07) is 4.64. The number of carbonyl (C=O) groups is 2. The summed E-state index contributed by atoms with van der Waals surface area (Å²) < 4.78 is 10.2. The zero-order chi connectivity index (χ0) is 18.6. The molecule has 9 nitrogen and oxygen atoms in total. The van der Waals surface area contributed by atoms with Crippen molar-refractivity contribution in [2.75, 3.05) is 18.2 Å². The number of aromatic hydroxyl groups is 1. The highest BCUT2D eigenvalue weighted by Crippen LogP contribution is 2.40. The van der Waals surface area contributed by atoms with E-state index in [4.69, 9.17) is 20.6 Å². The van der Waals surface area contributed by atoms with E-state index < -0.39 is 12.2 Å². The summed E-state index contributed by atoms with van der Waals surface area (Å²) >= 11 is 1.10. The number of carbonyl (C=O) groups excluding carboxylic acids is 2. The number of phenolic OH excluding ortho intramolecular Hbond substituents is 1. The number of phenols is 1. The van der Waals surface area contributed by atoms with Crippen LogP contribution in [0.25, 0.3) is 10.1 Å². The van der Waals surface area contributed by atoms with Gasteiger partial charge in [0.25, 0.3) is 0 Å². The molecule has 25 heavy (non-hydrogen) atoms. The van der Waals surface area contributed by atoms with E-state index in [0.717, 1.165) is 16.3 Å². The average molecular weight is 366 g/mol. The second kappa shape index (κ2) is 7.71. The molecule has 0 saturated carbocycles. The molecule has 0 unspecified atom stereocenters. The molecule has 1 heterocycles. The summed E-state index contributed by atoms with van der Waals surface area (Å²) in [7, 11) is 0. The van der Waals surface area contributed by atoms with E-state index in [9.17, 15) is 14.7 Å². The number of hydrazine groups is 1. The number of hydrogen-bond acceptors (Lipinski definition) is 7. The number of rotatable bonds is 4. The quantitative estimate of drug-likeness (QED) is 0.373. The van der Waals surface area contributed by atoms with Gasteiger partial charge in [0.2, 0.25) is 0 Å². The van der Waals surface area contributed by atoms with Crippen molar-refractivity contribution in [3.63, 3.8) is 0 Å². The van der Waals surface area contributed by atoms with Gasteiger partial charge >= 0.3 is 12.2 Å². The van der Waals surface area contributed by atoms with Crippen molar-refractivity contribution in [2.45, 2.75) is 13.8 Å². The fraction of sp³-hybridized carbons (Fsp3) is 0.267. The molecule has 2 amide bonds. The minimum atomic E-state index is -0.892. The van der Waals surface area contributed by atoms with Gasteiger partial charge in [0, 0.05) is 0 Å². The number of hydrogen-bond donors (Lipinski definition) is 4. The van der Waals surface area contributed by atoms with Crippen LogP contribution in [0.1, 0.15) is 18.7 Å². The third-order valence-electron chi connectivity index (χ3n) is 3.06. The number of amides is 2. The summed E-state index contributed by atoms with van der Waals surface area (Å²) in [5.74, 6) is -0.401. The molecule has 2 rings (SSSR count). The van der Waals surface area contributed by atoms with Crippen LogP contribution in [0.15, 0.2) is 18.2 Å². The highest BCUT2D eigenvalue weighted by atomic mass is 32.1. The summed E-state index contributed by atoms with van der Waals surface area (Å²) in [5, 5.41) is 19.2. The predicted octanol–water partition coefficient (Wildman–Crippen LogP) is 2.51. The van der Waals surface area contributed by atoms with Gasteiger partial charge in [-0.15, -0.1) is 11.3 Å². The minimum absolute atomic E-state index is 0.0153. The maximum atomic E-state index is 12.3. The van der Waals surface area contributed by atoms with E-state index >= 15 is 0 Å². The van der Waals surface area contributed by atoms with Gasteiger partial charge in [-0.3, -0.25) is 5.41 Å². The molecular weight excluding hydrogens is 348 g/mol. The molecule has 0 fully saturated rings. The van der Waals surface area contributed by atoms with Crippen LogP contribution in [0.4, 0.5) is 15.3 Å². The standard InChI is InChI=1S/C15H18N4O5S/c1-3-23-14(21)18-19(15(22)24-4-2)11-9(20)6-5-8-7-10(13(16)17)25-12(8)11/h5-7,20H,3-4H2,1-2H3,(H3,16,17)(H,18,21). The number of benzene rings is 1. The molecule has 0 aliphatic rings. The number of nitrogens with two attached hydrogens (primary N) is 1. The van der Waals surface area contributed by atoms with Crippen molar-refractivity contribution in [1.29, 1.82) is 5.41 Å². The first kappa shape index (κ1) is 18.3. The summed E-state index contributed by atoms with van der Waals surface area (Å²) in [6.07, 6.45) is -1.77. The van der Waals surface area contributed by atoms with Gasteiger partial charge in [0.1, 0.15) is 17.3 Å². The van der Waals surface area contributed by atoms with E-state index in [1.54, 1.807) is 26.0 Å². The van der Waals surface area contributed by atoms with Crippen LogP contribution < -0.4 is 16.2 Å². The molecule has 2 aromatic rings. The number of nitrogens with one attached hydrogen (secondary N) is 2. The highest BCUT2D eigenvalue weighted by molar-refractivity contribution is 7.21. The summed E-state index contributed by atoms with van der Waals surface area (Å²) in [6.45, 7) is 3.40. The maximum absolute atomic E-state index is 12.3. The van der Waals surface area contributed by atoms with Gasteiger partial charge in [-0.25, -0.2) is 15.0 Å². The Morgan fingerprint density at radius 2 is 2.00 bits per heavy atom. The van der Waals surface area contributed by atoms with Crippen LogP contribution >= 0.6 is 11.3 Å². The lowest BCUT2D eigenvalue weighted by atomic mass is 10.2. The lowest BCUT2D eigenvalue weighted by Gasteiger charge is -2.23. The first-order valence-electron chi connectivity index (χ1n) is 7.39. The van der Waals surface area contributed by atoms with E-state index in [0.29, 0.717) is 15.0 Å². The van der Waals surface area contributed by atoms with Crippen LogP contribution in [0.5, 0.6) is 5.75 Å². The van der Waals surface area contributed by atoms with Crippen molar-refractivity contribution in [2.24, 2.45) is 5.73 Å². The molecule has 0 spiro atoms. The van der Waals surface area contributed by atoms with Crippen LogP contribution in [-0.2, 0) is 9.47 Å². The monoisotopic (exact) mass is 366 g/mol. The molecule has 0 radical (unpaired) electrons. The van der Waals surface area contributed by atoms with Crippen molar-refractivity contribution >= 4 is 45.1 Å². The van der Waals surface area contributed by atoms with Crippen molar-refractivity contribution < 1.29 is 24.2 Å². The summed E-state index contributed by atoms with van der Waals surface area (Å²) in [5.41, 5.74) is 7.77. The molecule has 10 heteroatoms. The Morgan fingerprint density at radius 3 is 2.60 bits per heavy atom. The fourth-order valence-electron chi connectivity index (χ4n) is 2.06. The normalized spacial score (nSPS) is 10.3. The smallest absolute Gasteiger partial charge is 0.433 e. The van der Waals surface area contributed by atoms with Gasteiger partial charge in [0.05, 0.1) is 22.8 Å². The third kappa shape index (κ3) is 3.91. The number of thiophene rings is 1. The molecule has 1 aromatic carbocycles. The molecule has 0 aliphatic carbocycles. The minimum Gasteiger partial charge on any atom is -0.506 e. The van der Waals surface area contributed by atoms with E-state index in [2.05, 4.69) is 5.43 Å². The molecule has 5 N–H and O–H groups in total. The molecule has 0 bridgehead atoms. The Kier molecular flexibility index (Phi) is 5.65. The van der Waals surface area contributed by atoms with Gasteiger partial charge in [-0.2, -0.15) is 5.01 Å². The first-order valence-corrected chi connectivity index (χ1v) is 8.20. The van der Waals surface area contributed by atoms with Gasteiger partial charge in [0.15, 0.2) is 0 Å². The highest BCUT2D eigenvalue weighted by Gasteiger charge is 2.26. The third-order valence-corrected chi connectivity index (χ3v) is 4.25. The number of amidine groups is 1. The number of nitrogen functional groups attached to an aromatic ring is 1. The predicted molar refractivity (Wildman–Crippen MR) is 94.2 cm³/mol. The number of fused-ring (bicyclic) bond motifs is 1. The molecule has 1 aromatic heterocycles. The molecule has 0 atom stereocenters. The summed E-state index contributed by atoms with van der Waals surface area (Å²) in [4.78, 5) is 24.5. The fourth-order valence-corrected chi connectivity index (χ4v) is 3.12. The number of ether oxygens (including phenoxy) is 2. The van der Waals surface area contributed by atoms with Crippen LogP contribution in [0.3, 0.4) is 0 Å². The van der Waals surface area contributed by atoms with Crippen LogP contribution in [0.2, 0.25) is 0 Å². The van der Waals surface area contributed by atoms with Gasteiger partial charge in [-0.1, -0.05) is 0 Å². The molecule has 0 saturated heterocycles. The molecule has 0 aliphatic heterocycles. The second-order valence-corrected chi connectivity index (χ2v) is 5.79. The second-order valence-electron chi connectivity index (χ2n) is 4.74. The van der Waals surface area contributed by atoms with E-state index in [1.165, 1.54) is 6.07 Å². The zero-order valence-corrected chi connectivity index (χ0v) is 14.5. The average Bonchev–Trinajstić information content (AvgIpc) is 2.98. The maximum Gasteiger partial charge on any atom is 0.433 e. The SMILES string of the molecule is CCOC(=O)NN(C(=O)OCC)c1c(O)ccc2cc(C(=N)N)sc12. The number of nitrogens with zero attached hydrogens (tertiary/aromatic N) is 1. The zero-order valence-electron chi connectivity index (χ0n) is 13.7. The Labute approximate surface area is 147 Å². The van der Waals surface area contributed by atoms with E-state index in [1.807, 2.05) is 0 Å². The van der Waals surface area contributed by atoms with Crippen LogP contribution in [0, 0.1) is 5.41 Å². The van der Waals surface area contributed by atoms with Crippen LogP contribution in [-0.4, -0.2) is 36.3 Å². The molecule has 134 valence electrons. The van der Waals surface area contributed by atoms with Gasteiger partial charge in [-0.05, 0) is 37.4 Å².